The number of amides is 2. The second kappa shape index (κ2) is 7.41. The average molecular weight is 375 g/mol. The van der Waals surface area contributed by atoms with E-state index in [2.05, 4.69) is 11.7 Å². The molecule has 0 aliphatic carbocycles. The van der Waals surface area contributed by atoms with Crippen molar-refractivity contribution in [2.75, 3.05) is 23.0 Å². The smallest absolute Gasteiger partial charge is 0.274 e. The zero-order valence-corrected chi connectivity index (χ0v) is 15.2. The van der Waals surface area contributed by atoms with Crippen molar-refractivity contribution in [3.05, 3.63) is 43.0 Å². The minimum Gasteiger partial charge on any atom is -0.303 e. The normalized spacial score (nSPS) is 22.0. The summed E-state index contributed by atoms with van der Waals surface area (Å²) in [6, 6.07) is 8.68. The molecule has 2 amide bonds. The molecule has 0 bridgehead atoms. The first kappa shape index (κ1) is 18.3. The number of rotatable bonds is 5. The molecule has 1 saturated heterocycles. The molecule has 1 fully saturated rings. The molecule has 2 heterocycles. The zero-order valence-electron chi connectivity index (χ0n) is 14.4. The van der Waals surface area contributed by atoms with Gasteiger partial charge in [-0.25, -0.2) is 13.4 Å². The van der Waals surface area contributed by atoms with E-state index in [1.165, 1.54) is 5.01 Å². The molecule has 0 aromatic heterocycles. The van der Waals surface area contributed by atoms with E-state index in [9.17, 15) is 18.0 Å². The average Bonchev–Trinajstić information content (AvgIpc) is 3.00. The Hall–Kier alpha value is -2.48. The van der Waals surface area contributed by atoms with Crippen molar-refractivity contribution < 1.29 is 18.0 Å². The fourth-order valence-electron chi connectivity index (χ4n) is 3.18. The molecule has 1 atom stereocenters. The minimum absolute atomic E-state index is 0.0485. The van der Waals surface area contributed by atoms with E-state index in [0.29, 0.717) is 18.7 Å². The lowest BCUT2D eigenvalue weighted by molar-refractivity contribution is -0.133. The third kappa shape index (κ3) is 3.85. The molecule has 3 rings (SSSR count). The van der Waals surface area contributed by atoms with Crippen LogP contribution in [0, 0.1) is 0 Å². The van der Waals surface area contributed by atoms with E-state index in [1.54, 1.807) is 11.0 Å². The van der Waals surface area contributed by atoms with Gasteiger partial charge >= 0.3 is 0 Å². The summed E-state index contributed by atoms with van der Waals surface area (Å²) in [7, 11) is -3.15. The molecule has 2 aliphatic rings. The monoisotopic (exact) mass is 375 g/mol. The number of para-hydroxylation sites is 1. The first-order chi connectivity index (χ1) is 12.4. The Morgan fingerprint density at radius 2 is 2.04 bits per heavy atom. The van der Waals surface area contributed by atoms with Crippen LogP contribution in [0.2, 0.25) is 0 Å². The largest absolute Gasteiger partial charge is 0.303 e. The molecule has 1 aromatic rings. The number of sulfone groups is 1. The van der Waals surface area contributed by atoms with Crippen LogP contribution >= 0.6 is 0 Å². The van der Waals surface area contributed by atoms with Gasteiger partial charge in [-0.15, -0.1) is 6.58 Å². The van der Waals surface area contributed by atoms with Gasteiger partial charge < -0.3 is 4.90 Å². The van der Waals surface area contributed by atoms with Gasteiger partial charge in [-0.1, -0.05) is 24.3 Å². The Bertz CT molecular complexity index is 848. The van der Waals surface area contributed by atoms with Gasteiger partial charge in [0.15, 0.2) is 9.84 Å². The van der Waals surface area contributed by atoms with Gasteiger partial charge in [-0.05, 0) is 18.6 Å². The maximum absolute atomic E-state index is 13.0. The van der Waals surface area contributed by atoms with Crippen molar-refractivity contribution in [3.63, 3.8) is 0 Å². The second-order valence-electron chi connectivity index (χ2n) is 6.38. The highest BCUT2D eigenvalue weighted by Crippen LogP contribution is 2.23. The summed E-state index contributed by atoms with van der Waals surface area (Å²) in [5, 5.41) is 5.46. The molecule has 0 spiro atoms. The van der Waals surface area contributed by atoms with Crippen LogP contribution in [-0.2, 0) is 19.4 Å². The van der Waals surface area contributed by atoms with Gasteiger partial charge in [-0.2, -0.15) is 5.10 Å². The van der Waals surface area contributed by atoms with Crippen molar-refractivity contribution in [2.24, 2.45) is 5.10 Å². The summed E-state index contributed by atoms with van der Waals surface area (Å²) in [5.74, 6) is -0.584. The Kier molecular flexibility index (Phi) is 5.22. The lowest BCUT2D eigenvalue weighted by Gasteiger charge is -2.29. The van der Waals surface area contributed by atoms with Gasteiger partial charge in [-0.3, -0.25) is 9.59 Å². The number of carbonyl (C=O) groups excluding carboxylic acids is 2. The second-order valence-corrected chi connectivity index (χ2v) is 8.61. The van der Waals surface area contributed by atoms with E-state index >= 15 is 0 Å². The van der Waals surface area contributed by atoms with E-state index in [-0.39, 0.29) is 41.9 Å². The Labute approximate surface area is 152 Å². The van der Waals surface area contributed by atoms with Gasteiger partial charge in [0, 0.05) is 25.1 Å². The van der Waals surface area contributed by atoms with Crippen LogP contribution in [0.3, 0.4) is 0 Å². The van der Waals surface area contributed by atoms with Crippen LogP contribution in [0.5, 0.6) is 0 Å². The number of anilines is 1. The van der Waals surface area contributed by atoms with E-state index < -0.39 is 15.9 Å². The quantitative estimate of drug-likeness (QED) is 0.728. The molecule has 138 valence electrons. The minimum atomic E-state index is -3.15. The number of hydrogen-bond donors (Lipinski definition) is 0. The SMILES string of the molecule is C=CCN(C(=O)C1=NN([C@@H]2CCS(=O)(=O)C2)C(=O)CC1)c1ccccc1. The predicted molar refractivity (Wildman–Crippen MR) is 99.6 cm³/mol. The molecule has 0 saturated carbocycles. The molecule has 2 aliphatic heterocycles. The molecule has 0 unspecified atom stereocenters. The van der Waals surface area contributed by atoms with Crippen molar-refractivity contribution in [1.82, 2.24) is 5.01 Å². The molecule has 7 nitrogen and oxygen atoms in total. The number of hydrogen-bond acceptors (Lipinski definition) is 5. The third-order valence-corrected chi connectivity index (χ3v) is 6.24. The summed E-state index contributed by atoms with van der Waals surface area (Å²) in [4.78, 5) is 26.7. The Morgan fingerprint density at radius 1 is 1.31 bits per heavy atom. The van der Waals surface area contributed by atoms with E-state index in [4.69, 9.17) is 0 Å². The molecule has 0 N–H and O–H groups in total. The maximum atomic E-state index is 13.0. The highest BCUT2D eigenvalue weighted by atomic mass is 32.2. The van der Waals surface area contributed by atoms with Gasteiger partial charge in [0.2, 0.25) is 5.91 Å². The number of hydrazone groups is 1. The number of benzene rings is 1. The summed E-state index contributed by atoms with van der Waals surface area (Å²) in [6.45, 7) is 4.01. The Balaban J connectivity index is 1.86. The maximum Gasteiger partial charge on any atom is 0.274 e. The number of nitrogens with zero attached hydrogens (tertiary/aromatic N) is 3. The number of carbonyl (C=O) groups is 2. The highest BCUT2D eigenvalue weighted by Gasteiger charge is 2.37. The predicted octanol–water partition coefficient (Wildman–Crippen LogP) is 1.37. The van der Waals surface area contributed by atoms with Gasteiger partial charge in [0.25, 0.3) is 5.91 Å². The highest BCUT2D eigenvalue weighted by molar-refractivity contribution is 7.91. The summed E-state index contributed by atoms with van der Waals surface area (Å²) >= 11 is 0. The summed E-state index contributed by atoms with van der Waals surface area (Å²) in [6.07, 6.45) is 2.38. The third-order valence-electron chi connectivity index (χ3n) is 4.49. The lowest BCUT2D eigenvalue weighted by Crippen LogP contribution is -2.45. The zero-order chi connectivity index (χ0) is 18.7. The van der Waals surface area contributed by atoms with Gasteiger partial charge in [0.05, 0.1) is 17.5 Å². The molecular formula is C18H21N3O4S. The van der Waals surface area contributed by atoms with Crippen LogP contribution in [0.15, 0.2) is 48.1 Å². The van der Waals surface area contributed by atoms with Crippen LogP contribution in [0.1, 0.15) is 19.3 Å². The first-order valence-corrected chi connectivity index (χ1v) is 10.3. The van der Waals surface area contributed by atoms with Gasteiger partial charge in [0.1, 0.15) is 5.71 Å². The molecule has 0 radical (unpaired) electrons. The summed E-state index contributed by atoms with van der Waals surface area (Å²) < 4.78 is 23.4. The van der Waals surface area contributed by atoms with Crippen molar-refractivity contribution in [2.45, 2.75) is 25.3 Å². The molecular weight excluding hydrogens is 354 g/mol. The topological polar surface area (TPSA) is 87.1 Å². The van der Waals surface area contributed by atoms with E-state index in [0.717, 1.165) is 0 Å². The van der Waals surface area contributed by atoms with Crippen molar-refractivity contribution in [1.29, 1.82) is 0 Å². The fraction of sp³-hybridized carbons (Fsp3) is 0.389. The fourth-order valence-corrected chi connectivity index (χ4v) is 4.87. The molecule has 26 heavy (non-hydrogen) atoms. The standard InChI is InChI=1S/C18H21N3O4S/c1-2-11-20(14-6-4-3-5-7-14)18(23)16-8-9-17(22)21(19-16)15-10-12-26(24,25)13-15/h2-7,15H,1,8-13H2/t15-/m1/s1. The Morgan fingerprint density at radius 3 is 2.65 bits per heavy atom. The van der Waals surface area contributed by atoms with Crippen LogP contribution in [0.4, 0.5) is 5.69 Å². The summed E-state index contributed by atoms with van der Waals surface area (Å²) in [5.41, 5.74) is 0.978. The van der Waals surface area contributed by atoms with Crippen LogP contribution in [-0.4, -0.2) is 55.0 Å². The van der Waals surface area contributed by atoms with Crippen LogP contribution in [0.25, 0.3) is 0 Å². The van der Waals surface area contributed by atoms with Crippen LogP contribution < -0.4 is 4.90 Å². The van der Waals surface area contributed by atoms with E-state index in [1.807, 2.05) is 30.3 Å². The molecule has 8 heteroatoms. The molecule has 1 aromatic carbocycles. The van der Waals surface area contributed by atoms with Crippen molar-refractivity contribution in [3.8, 4) is 0 Å². The lowest BCUT2D eigenvalue weighted by atomic mass is 10.1. The first-order valence-electron chi connectivity index (χ1n) is 8.49. The van der Waals surface area contributed by atoms with Crippen molar-refractivity contribution >= 4 is 33.1 Å².